The van der Waals surface area contributed by atoms with E-state index in [9.17, 15) is 4.79 Å². The molecule has 0 aromatic carbocycles. The van der Waals surface area contributed by atoms with E-state index in [1.807, 2.05) is 0 Å². The first-order chi connectivity index (χ1) is 7.24. The monoisotopic (exact) mass is 208 g/mol. The van der Waals surface area contributed by atoms with E-state index >= 15 is 0 Å². The van der Waals surface area contributed by atoms with Gasteiger partial charge < -0.3 is 10.5 Å². The van der Waals surface area contributed by atoms with Crippen LogP contribution in [0.4, 0.5) is 0 Å². The molecule has 0 aliphatic rings. The lowest BCUT2D eigenvalue weighted by Crippen LogP contribution is -2.04. The number of ether oxygens (including phenoxy) is 1. The first kappa shape index (κ1) is 11.7. The molecule has 0 aliphatic carbocycles. The van der Waals surface area contributed by atoms with Crippen LogP contribution in [0, 0.1) is 0 Å². The molecule has 1 heterocycles. The van der Waals surface area contributed by atoms with Crippen LogP contribution in [-0.4, -0.2) is 23.9 Å². The summed E-state index contributed by atoms with van der Waals surface area (Å²) in [7, 11) is 0. The molecule has 0 amide bonds. The highest BCUT2D eigenvalue weighted by Gasteiger charge is 2.00. The minimum absolute atomic E-state index is 0.0373. The molecule has 0 aliphatic heterocycles. The number of Topliss-reactive ketones (excluding diaryl/α,β-unsaturated/α-hetero) is 1. The highest BCUT2D eigenvalue weighted by Crippen LogP contribution is 2.09. The lowest BCUT2D eigenvalue weighted by Gasteiger charge is -2.05. The predicted octanol–water partition coefficient (Wildman–Crippen LogP) is 1.40. The molecule has 4 nitrogen and oxygen atoms in total. The van der Waals surface area contributed by atoms with Gasteiger partial charge in [0, 0.05) is 6.92 Å². The molecule has 0 radical (unpaired) electrons. The van der Waals surface area contributed by atoms with Gasteiger partial charge in [-0.05, 0) is 31.5 Å². The molecule has 82 valence electrons. The second-order valence-corrected chi connectivity index (χ2v) is 3.28. The average molecular weight is 208 g/mol. The van der Waals surface area contributed by atoms with Crippen molar-refractivity contribution in [2.75, 3.05) is 13.2 Å². The zero-order chi connectivity index (χ0) is 11.1. The third-order valence-electron chi connectivity index (χ3n) is 1.96. The van der Waals surface area contributed by atoms with Crippen molar-refractivity contribution in [3.05, 3.63) is 24.0 Å². The SMILES string of the molecule is CC(=O)c1ccc(OCCCCN)cn1. The van der Waals surface area contributed by atoms with Crippen LogP contribution in [0.3, 0.4) is 0 Å². The van der Waals surface area contributed by atoms with E-state index in [0.717, 1.165) is 12.8 Å². The van der Waals surface area contributed by atoms with Crippen LogP contribution >= 0.6 is 0 Å². The Bertz CT molecular complexity index is 309. The molecule has 4 heteroatoms. The van der Waals surface area contributed by atoms with Crippen LogP contribution in [0.2, 0.25) is 0 Å². The Morgan fingerprint density at radius 1 is 1.47 bits per heavy atom. The largest absolute Gasteiger partial charge is 0.492 e. The van der Waals surface area contributed by atoms with Gasteiger partial charge >= 0.3 is 0 Å². The molecular weight excluding hydrogens is 192 g/mol. The number of hydrogen-bond acceptors (Lipinski definition) is 4. The van der Waals surface area contributed by atoms with Gasteiger partial charge in [-0.2, -0.15) is 0 Å². The van der Waals surface area contributed by atoms with Crippen LogP contribution in [-0.2, 0) is 0 Å². The van der Waals surface area contributed by atoms with E-state index in [0.29, 0.717) is 24.6 Å². The number of pyridine rings is 1. The summed E-state index contributed by atoms with van der Waals surface area (Å²) in [6, 6.07) is 3.42. The zero-order valence-electron chi connectivity index (χ0n) is 8.90. The van der Waals surface area contributed by atoms with Crippen molar-refractivity contribution in [3.63, 3.8) is 0 Å². The van der Waals surface area contributed by atoms with Crippen LogP contribution < -0.4 is 10.5 Å². The zero-order valence-corrected chi connectivity index (χ0v) is 8.90. The normalized spacial score (nSPS) is 10.0. The molecule has 0 atom stereocenters. The molecule has 0 bridgehead atoms. The third kappa shape index (κ3) is 4.08. The topological polar surface area (TPSA) is 65.2 Å². The van der Waals surface area contributed by atoms with E-state index in [4.69, 9.17) is 10.5 Å². The second kappa shape index (κ2) is 6.14. The number of carbonyl (C=O) groups is 1. The standard InChI is InChI=1S/C11H16N2O2/c1-9(14)11-5-4-10(8-13-11)15-7-3-2-6-12/h4-5,8H,2-3,6-7,12H2,1H3. The van der Waals surface area contributed by atoms with Gasteiger partial charge in [0.25, 0.3) is 0 Å². The number of hydrogen-bond donors (Lipinski definition) is 1. The Labute approximate surface area is 89.5 Å². The van der Waals surface area contributed by atoms with Gasteiger partial charge in [0.05, 0.1) is 12.8 Å². The Kier molecular flexibility index (Phi) is 4.77. The summed E-state index contributed by atoms with van der Waals surface area (Å²) in [6.07, 6.45) is 3.46. The molecule has 0 saturated carbocycles. The van der Waals surface area contributed by atoms with E-state index in [1.54, 1.807) is 18.3 Å². The molecule has 0 unspecified atom stereocenters. The molecule has 15 heavy (non-hydrogen) atoms. The Morgan fingerprint density at radius 3 is 2.80 bits per heavy atom. The van der Waals surface area contributed by atoms with Crippen molar-refractivity contribution in [1.29, 1.82) is 0 Å². The van der Waals surface area contributed by atoms with Crippen LogP contribution in [0.1, 0.15) is 30.3 Å². The molecular formula is C11H16N2O2. The lowest BCUT2D eigenvalue weighted by molar-refractivity contribution is 0.101. The van der Waals surface area contributed by atoms with Crippen molar-refractivity contribution in [2.45, 2.75) is 19.8 Å². The van der Waals surface area contributed by atoms with Crippen molar-refractivity contribution < 1.29 is 9.53 Å². The van der Waals surface area contributed by atoms with Gasteiger partial charge in [0.1, 0.15) is 11.4 Å². The Hall–Kier alpha value is -1.42. The number of unbranched alkanes of at least 4 members (excludes halogenated alkanes) is 1. The van der Waals surface area contributed by atoms with Crippen LogP contribution in [0.25, 0.3) is 0 Å². The maximum atomic E-state index is 10.9. The average Bonchev–Trinajstić information content (AvgIpc) is 2.25. The number of rotatable bonds is 6. The quantitative estimate of drug-likeness (QED) is 0.567. The first-order valence-electron chi connectivity index (χ1n) is 5.04. The smallest absolute Gasteiger partial charge is 0.178 e. The fraction of sp³-hybridized carbons (Fsp3) is 0.455. The van der Waals surface area contributed by atoms with E-state index in [1.165, 1.54) is 6.92 Å². The highest BCUT2D eigenvalue weighted by molar-refractivity contribution is 5.92. The van der Waals surface area contributed by atoms with Crippen LogP contribution in [0.15, 0.2) is 18.3 Å². The minimum Gasteiger partial charge on any atom is -0.492 e. The summed E-state index contributed by atoms with van der Waals surface area (Å²) in [5, 5.41) is 0. The van der Waals surface area contributed by atoms with Gasteiger partial charge in [0.2, 0.25) is 0 Å². The summed E-state index contributed by atoms with van der Waals surface area (Å²) in [4.78, 5) is 14.9. The second-order valence-electron chi connectivity index (χ2n) is 3.28. The fourth-order valence-electron chi connectivity index (χ4n) is 1.11. The molecule has 0 fully saturated rings. The Morgan fingerprint density at radius 2 is 2.27 bits per heavy atom. The van der Waals surface area contributed by atoms with Crippen molar-refractivity contribution >= 4 is 5.78 Å². The van der Waals surface area contributed by atoms with Gasteiger partial charge in [-0.25, -0.2) is 4.98 Å². The highest BCUT2D eigenvalue weighted by atomic mass is 16.5. The van der Waals surface area contributed by atoms with Crippen molar-refractivity contribution in [2.24, 2.45) is 5.73 Å². The van der Waals surface area contributed by atoms with Crippen molar-refractivity contribution in [3.8, 4) is 5.75 Å². The number of aromatic nitrogens is 1. The van der Waals surface area contributed by atoms with Gasteiger partial charge in [0.15, 0.2) is 5.78 Å². The van der Waals surface area contributed by atoms with Crippen molar-refractivity contribution in [1.82, 2.24) is 4.98 Å². The fourth-order valence-corrected chi connectivity index (χ4v) is 1.11. The summed E-state index contributed by atoms with van der Waals surface area (Å²) >= 11 is 0. The molecule has 1 aromatic heterocycles. The van der Waals surface area contributed by atoms with E-state index < -0.39 is 0 Å². The summed E-state index contributed by atoms with van der Waals surface area (Å²) in [5.41, 5.74) is 5.82. The van der Waals surface area contributed by atoms with E-state index in [2.05, 4.69) is 4.98 Å². The summed E-state index contributed by atoms with van der Waals surface area (Å²) < 4.78 is 5.41. The van der Waals surface area contributed by atoms with Gasteiger partial charge in [-0.1, -0.05) is 0 Å². The first-order valence-corrected chi connectivity index (χ1v) is 5.04. The lowest BCUT2D eigenvalue weighted by atomic mass is 10.3. The van der Waals surface area contributed by atoms with E-state index in [-0.39, 0.29) is 5.78 Å². The maximum absolute atomic E-state index is 10.9. The number of carbonyl (C=O) groups excluding carboxylic acids is 1. The molecule has 2 N–H and O–H groups in total. The minimum atomic E-state index is -0.0373. The maximum Gasteiger partial charge on any atom is 0.178 e. The summed E-state index contributed by atoms with van der Waals surface area (Å²) in [6.45, 7) is 2.81. The number of nitrogens with two attached hydrogens (primary N) is 1. The number of ketones is 1. The number of nitrogens with zero attached hydrogens (tertiary/aromatic N) is 1. The molecule has 1 aromatic rings. The van der Waals surface area contributed by atoms with Crippen LogP contribution in [0.5, 0.6) is 5.75 Å². The van der Waals surface area contributed by atoms with Gasteiger partial charge in [-0.15, -0.1) is 0 Å². The molecule has 1 rings (SSSR count). The Balaban J connectivity index is 2.39. The predicted molar refractivity (Wildman–Crippen MR) is 58.0 cm³/mol. The summed E-state index contributed by atoms with van der Waals surface area (Å²) in [5.74, 6) is 0.654. The third-order valence-corrected chi connectivity index (χ3v) is 1.96. The molecule has 0 saturated heterocycles. The van der Waals surface area contributed by atoms with Gasteiger partial charge in [-0.3, -0.25) is 4.79 Å². The molecule has 0 spiro atoms.